The summed E-state index contributed by atoms with van der Waals surface area (Å²) in [6.07, 6.45) is 5.22. The van der Waals surface area contributed by atoms with E-state index in [2.05, 4.69) is 9.97 Å². The van der Waals surface area contributed by atoms with Crippen molar-refractivity contribution in [2.75, 3.05) is 6.54 Å². The first-order valence-electron chi connectivity index (χ1n) is 7.65. The fraction of sp³-hybridized carbons (Fsp3) is 0.375. The highest BCUT2D eigenvalue weighted by Crippen LogP contribution is 2.30. The predicted molar refractivity (Wildman–Crippen MR) is 83.9 cm³/mol. The Morgan fingerprint density at radius 3 is 2.91 bits per heavy atom. The summed E-state index contributed by atoms with van der Waals surface area (Å²) in [5.41, 5.74) is -0.0279. The molecule has 0 bridgehead atoms. The average molecular weight is 314 g/mol. The lowest BCUT2D eigenvalue weighted by Crippen LogP contribution is -2.34. The fourth-order valence-corrected chi connectivity index (χ4v) is 2.93. The van der Waals surface area contributed by atoms with Gasteiger partial charge in [0.15, 0.2) is 0 Å². The molecule has 1 fully saturated rings. The van der Waals surface area contributed by atoms with Gasteiger partial charge in [0.25, 0.3) is 5.56 Å². The predicted octanol–water partition coefficient (Wildman–Crippen LogP) is 0.685. The molecule has 1 atom stereocenters. The van der Waals surface area contributed by atoms with Crippen LogP contribution < -0.4 is 11.2 Å². The molecule has 1 amide bonds. The van der Waals surface area contributed by atoms with Gasteiger partial charge in [-0.3, -0.25) is 19.6 Å². The first kappa shape index (κ1) is 15.2. The van der Waals surface area contributed by atoms with Crippen molar-refractivity contribution in [1.29, 1.82) is 0 Å². The van der Waals surface area contributed by atoms with Crippen LogP contribution in [0.2, 0.25) is 0 Å². The number of aromatic amines is 1. The summed E-state index contributed by atoms with van der Waals surface area (Å²) in [4.78, 5) is 43.5. The molecule has 1 unspecified atom stereocenters. The van der Waals surface area contributed by atoms with Gasteiger partial charge in [-0.15, -0.1) is 0 Å². The van der Waals surface area contributed by atoms with Gasteiger partial charge in [-0.2, -0.15) is 0 Å². The molecule has 2 aromatic rings. The monoisotopic (exact) mass is 314 g/mol. The molecule has 0 saturated carbocycles. The first-order valence-corrected chi connectivity index (χ1v) is 7.65. The van der Waals surface area contributed by atoms with Crippen LogP contribution >= 0.6 is 0 Å². The Morgan fingerprint density at radius 2 is 2.17 bits per heavy atom. The summed E-state index contributed by atoms with van der Waals surface area (Å²) < 4.78 is 1.34. The van der Waals surface area contributed by atoms with Crippen molar-refractivity contribution in [2.45, 2.75) is 31.8 Å². The number of hydrogen-bond donors (Lipinski definition) is 1. The number of likely N-dealkylation sites (tertiary alicyclic amines) is 1. The number of amides is 1. The number of rotatable bonds is 4. The number of aryl methyl sites for hydroxylation is 1. The van der Waals surface area contributed by atoms with Crippen molar-refractivity contribution >= 4 is 5.91 Å². The summed E-state index contributed by atoms with van der Waals surface area (Å²) in [6, 6.07) is 6.99. The van der Waals surface area contributed by atoms with Crippen molar-refractivity contribution in [1.82, 2.24) is 19.4 Å². The van der Waals surface area contributed by atoms with Gasteiger partial charge in [0, 0.05) is 38.0 Å². The second-order valence-electron chi connectivity index (χ2n) is 5.55. The quantitative estimate of drug-likeness (QED) is 0.899. The Bertz CT molecular complexity index is 797. The number of H-pyrrole nitrogens is 1. The maximum Gasteiger partial charge on any atom is 0.328 e. The summed E-state index contributed by atoms with van der Waals surface area (Å²) in [5.74, 6) is -0.00347. The van der Waals surface area contributed by atoms with Gasteiger partial charge in [-0.25, -0.2) is 4.79 Å². The topological polar surface area (TPSA) is 88.1 Å². The number of carbonyl (C=O) groups is 1. The fourth-order valence-electron chi connectivity index (χ4n) is 2.93. The van der Waals surface area contributed by atoms with E-state index >= 15 is 0 Å². The van der Waals surface area contributed by atoms with Crippen LogP contribution in [0.15, 0.2) is 46.2 Å². The van der Waals surface area contributed by atoms with Crippen LogP contribution in [0, 0.1) is 0 Å². The van der Waals surface area contributed by atoms with Gasteiger partial charge in [0.2, 0.25) is 5.91 Å². The summed E-state index contributed by atoms with van der Waals surface area (Å²) >= 11 is 0. The highest BCUT2D eigenvalue weighted by atomic mass is 16.2. The third-order valence-electron chi connectivity index (χ3n) is 4.07. The highest BCUT2D eigenvalue weighted by molar-refractivity contribution is 5.76. The standard InChI is InChI=1S/C16H18N4O3/c21-14-6-10-19(16(23)18-14)11-7-15(22)20-9-3-5-13(20)12-4-1-2-8-17-12/h1-2,4,6,8,10,13H,3,5,7,9,11H2,(H,18,21,23). The number of aromatic nitrogens is 3. The first-order chi connectivity index (χ1) is 11.1. The van der Waals surface area contributed by atoms with Crippen molar-refractivity contribution in [2.24, 2.45) is 0 Å². The van der Waals surface area contributed by atoms with Gasteiger partial charge in [-0.05, 0) is 25.0 Å². The minimum atomic E-state index is -0.493. The Morgan fingerprint density at radius 1 is 1.30 bits per heavy atom. The van der Waals surface area contributed by atoms with Crippen LogP contribution in [-0.2, 0) is 11.3 Å². The number of carbonyl (C=O) groups excluding carboxylic acids is 1. The van der Waals surface area contributed by atoms with E-state index in [1.54, 1.807) is 6.20 Å². The molecule has 1 N–H and O–H groups in total. The molecule has 0 spiro atoms. The van der Waals surface area contributed by atoms with Crippen LogP contribution in [0.25, 0.3) is 0 Å². The third kappa shape index (κ3) is 3.39. The van der Waals surface area contributed by atoms with Crippen molar-refractivity contribution in [3.63, 3.8) is 0 Å². The zero-order valence-corrected chi connectivity index (χ0v) is 12.6. The van der Waals surface area contributed by atoms with Gasteiger partial charge in [0.1, 0.15) is 0 Å². The molecule has 1 aliphatic rings. The molecule has 3 heterocycles. The lowest BCUT2D eigenvalue weighted by molar-refractivity contribution is -0.132. The second-order valence-corrected chi connectivity index (χ2v) is 5.55. The number of nitrogens with one attached hydrogen (secondary N) is 1. The summed E-state index contributed by atoms with van der Waals surface area (Å²) in [6.45, 7) is 0.959. The summed E-state index contributed by atoms with van der Waals surface area (Å²) in [5, 5.41) is 0. The number of nitrogens with zero attached hydrogens (tertiary/aromatic N) is 3. The molecule has 7 nitrogen and oxygen atoms in total. The maximum absolute atomic E-state index is 12.5. The van der Waals surface area contributed by atoms with E-state index in [4.69, 9.17) is 0 Å². The van der Waals surface area contributed by atoms with E-state index in [9.17, 15) is 14.4 Å². The van der Waals surface area contributed by atoms with Gasteiger partial charge < -0.3 is 9.47 Å². The molecular formula is C16H18N4O3. The van der Waals surface area contributed by atoms with Crippen LogP contribution in [0.4, 0.5) is 0 Å². The average Bonchev–Trinajstić information content (AvgIpc) is 3.04. The highest BCUT2D eigenvalue weighted by Gasteiger charge is 2.30. The second kappa shape index (κ2) is 6.60. The Labute approximate surface area is 132 Å². The zero-order valence-electron chi connectivity index (χ0n) is 12.6. The number of hydrogen-bond acceptors (Lipinski definition) is 4. The molecule has 120 valence electrons. The lowest BCUT2D eigenvalue weighted by Gasteiger charge is -2.24. The molecule has 23 heavy (non-hydrogen) atoms. The van der Waals surface area contributed by atoms with E-state index in [0.717, 1.165) is 18.5 Å². The van der Waals surface area contributed by atoms with Crippen molar-refractivity contribution < 1.29 is 4.79 Å². The van der Waals surface area contributed by atoms with Crippen molar-refractivity contribution in [3.05, 3.63) is 63.2 Å². The number of pyridine rings is 1. The van der Waals surface area contributed by atoms with Gasteiger partial charge in [0.05, 0.1) is 11.7 Å². The molecule has 2 aromatic heterocycles. The van der Waals surface area contributed by atoms with E-state index in [1.807, 2.05) is 23.1 Å². The minimum absolute atomic E-state index is 0.00347. The minimum Gasteiger partial charge on any atom is -0.334 e. The molecule has 1 aliphatic heterocycles. The Balaban J connectivity index is 1.68. The molecule has 0 aliphatic carbocycles. The molecular weight excluding hydrogens is 296 g/mol. The normalized spacial score (nSPS) is 17.4. The van der Waals surface area contributed by atoms with Crippen LogP contribution in [0.5, 0.6) is 0 Å². The van der Waals surface area contributed by atoms with Crippen LogP contribution in [0.3, 0.4) is 0 Å². The molecule has 0 radical (unpaired) electrons. The largest absolute Gasteiger partial charge is 0.334 e. The van der Waals surface area contributed by atoms with E-state index in [1.165, 1.54) is 16.8 Å². The molecule has 7 heteroatoms. The molecule has 3 rings (SSSR count). The zero-order chi connectivity index (χ0) is 16.2. The van der Waals surface area contributed by atoms with E-state index in [0.29, 0.717) is 6.54 Å². The smallest absolute Gasteiger partial charge is 0.328 e. The Hall–Kier alpha value is -2.70. The molecule has 0 aromatic carbocycles. The molecule has 1 saturated heterocycles. The Kier molecular flexibility index (Phi) is 4.36. The van der Waals surface area contributed by atoms with Crippen molar-refractivity contribution in [3.8, 4) is 0 Å². The van der Waals surface area contributed by atoms with Crippen LogP contribution in [0.1, 0.15) is 31.0 Å². The van der Waals surface area contributed by atoms with E-state index < -0.39 is 11.2 Å². The third-order valence-corrected chi connectivity index (χ3v) is 4.07. The van der Waals surface area contributed by atoms with Gasteiger partial charge >= 0.3 is 5.69 Å². The van der Waals surface area contributed by atoms with E-state index in [-0.39, 0.29) is 24.9 Å². The SMILES string of the molecule is O=C(CCn1ccc(=O)[nH]c1=O)N1CCCC1c1ccccn1. The van der Waals surface area contributed by atoms with Gasteiger partial charge in [-0.1, -0.05) is 6.07 Å². The van der Waals surface area contributed by atoms with Crippen LogP contribution in [-0.4, -0.2) is 31.9 Å². The summed E-state index contributed by atoms with van der Waals surface area (Å²) in [7, 11) is 0. The maximum atomic E-state index is 12.5. The lowest BCUT2D eigenvalue weighted by atomic mass is 10.1.